The van der Waals surface area contributed by atoms with Gasteiger partial charge in [-0.2, -0.15) is 0 Å². The first kappa shape index (κ1) is 33.1. The van der Waals surface area contributed by atoms with Crippen molar-refractivity contribution in [3.8, 4) is 0 Å². The lowest BCUT2D eigenvalue weighted by Gasteiger charge is -2.64. The third-order valence-electron chi connectivity index (χ3n) is 9.33. The van der Waals surface area contributed by atoms with Crippen molar-refractivity contribution in [2.45, 2.75) is 124 Å². The van der Waals surface area contributed by atoms with Crippen LogP contribution < -0.4 is 21.8 Å². The number of rotatable bonds is 15. The predicted molar refractivity (Wildman–Crippen MR) is 158 cm³/mol. The number of guanidine groups is 1. The van der Waals surface area contributed by atoms with Crippen LogP contribution in [0.25, 0.3) is 0 Å². The Labute approximate surface area is 245 Å². The van der Waals surface area contributed by atoms with Gasteiger partial charge in [-0.1, -0.05) is 53.4 Å². The molecule has 4 fully saturated rings. The summed E-state index contributed by atoms with van der Waals surface area (Å²) in [5, 5.41) is 15.8. The van der Waals surface area contributed by atoms with Gasteiger partial charge in [-0.25, -0.2) is 15.1 Å². The van der Waals surface area contributed by atoms with Gasteiger partial charge >= 0.3 is 7.12 Å². The molecule has 1 heterocycles. The second-order valence-electron chi connectivity index (χ2n) is 13.8. The van der Waals surface area contributed by atoms with Gasteiger partial charge in [0.2, 0.25) is 11.8 Å². The second kappa shape index (κ2) is 13.7. The van der Waals surface area contributed by atoms with Gasteiger partial charge in [-0.05, 0) is 74.5 Å². The Morgan fingerprint density at radius 2 is 1.80 bits per heavy atom. The highest BCUT2D eigenvalue weighted by atomic mass is 16.7. The van der Waals surface area contributed by atoms with E-state index in [9.17, 15) is 19.7 Å². The molecule has 2 bridgehead atoms. The van der Waals surface area contributed by atoms with E-state index in [-0.39, 0.29) is 53.3 Å². The smallest absolute Gasteiger partial charge is 0.404 e. The van der Waals surface area contributed by atoms with Gasteiger partial charge in [0.25, 0.3) is 5.96 Å². The molecule has 3 saturated carbocycles. The molecular weight excluding hydrogens is 527 g/mol. The zero-order valence-electron chi connectivity index (χ0n) is 25.9. The average Bonchev–Trinajstić information content (AvgIpc) is 3.21. The fraction of sp³-hybridized carbons (Fsp3) is 0.893. The Bertz CT molecular complexity index is 978. The first-order chi connectivity index (χ1) is 19.1. The van der Waals surface area contributed by atoms with Crippen LogP contribution in [-0.4, -0.2) is 60.2 Å². The van der Waals surface area contributed by atoms with Crippen LogP contribution in [0.1, 0.15) is 99.8 Å². The fourth-order valence-electron chi connectivity index (χ4n) is 6.93. The molecule has 1 aliphatic heterocycles. The number of nitrogens with one attached hydrogen (secondary N) is 3. The molecule has 2 amide bonds. The van der Waals surface area contributed by atoms with E-state index in [2.05, 4.69) is 64.1 Å². The summed E-state index contributed by atoms with van der Waals surface area (Å²) in [6.07, 6.45) is 5.47. The quantitative estimate of drug-likeness (QED) is 0.0574. The fourth-order valence-corrected chi connectivity index (χ4v) is 6.93. The Hall–Kier alpha value is -2.41. The van der Waals surface area contributed by atoms with Gasteiger partial charge in [-0.3, -0.25) is 9.59 Å². The molecule has 3 aliphatic carbocycles. The number of hydrogen-bond donors (Lipinski definition) is 4. The zero-order valence-corrected chi connectivity index (χ0v) is 25.9. The molecule has 6 atom stereocenters. The van der Waals surface area contributed by atoms with Crippen molar-refractivity contribution >= 4 is 24.9 Å². The lowest BCUT2D eigenvalue weighted by Crippen LogP contribution is -2.65. The molecule has 41 heavy (non-hydrogen) atoms. The van der Waals surface area contributed by atoms with Crippen LogP contribution in [0, 0.1) is 39.2 Å². The summed E-state index contributed by atoms with van der Waals surface area (Å²) in [6, 6.07) is -0.790. The van der Waals surface area contributed by atoms with Crippen molar-refractivity contribution in [3.63, 3.8) is 0 Å². The van der Waals surface area contributed by atoms with E-state index in [1.165, 1.54) is 0 Å². The van der Waals surface area contributed by atoms with E-state index < -0.39 is 18.2 Å². The zero-order chi connectivity index (χ0) is 30.5. The summed E-state index contributed by atoms with van der Waals surface area (Å²) in [5.41, 5.74) is 7.13. The van der Waals surface area contributed by atoms with Gasteiger partial charge < -0.3 is 25.7 Å². The van der Waals surface area contributed by atoms with Crippen molar-refractivity contribution in [2.75, 3.05) is 6.54 Å². The highest BCUT2D eigenvalue weighted by Crippen LogP contribution is 2.65. The number of carbonyl (C=O) groups excluding carboxylic acids is 2. The molecule has 5 N–H and O–H groups in total. The van der Waals surface area contributed by atoms with E-state index in [0.29, 0.717) is 43.4 Å². The lowest BCUT2D eigenvalue weighted by atomic mass is 9.43. The monoisotopic (exact) mass is 578 g/mol. The summed E-state index contributed by atoms with van der Waals surface area (Å²) in [6.45, 7) is 15.4. The largest absolute Gasteiger partial charge is 0.481 e. The van der Waals surface area contributed by atoms with Gasteiger partial charge in [0.15, 0.2) is 5.03 Å². The van der Waals surface area contributed by atoms with Crippen molar-refractivity contribution in [3.05, 3.63) is 10.1 Å². The number of nitro groups is 1. The first-order valence-corrected chi connectivity index (χ1v) is 15.3. The summed E-state index contributed by atoms with van der Waals surface area (Å²) in [7, 11) is -0.563. The molecule has 0 unspecified atom stereocenters. The molecule has 1 saturated heterocycles. The van der Waals surface area contributed by atoms with Crippen LogP contribution in [0.15, 0.2) is 4.99 Å². The summed E-state index contributed by atoms with van der Waals surface area (Å²) >= 11 is 0. The van der Waals surface area contributed by atoms with E-state index in [4.69, 9.17) is 15.0 Å². The number of hydrazine groups is 1. The number of aliphatic imine (C=N–C) groups is 1. The number of nitrogens with zero attached hydrogens (tertiary/aromatic N) is 2. The third-order valence-corrected chi connectivity index (χ3v) is 9.33. The molecule has 0 spiro atoms. The Kier molecular flexibility index (Phi) is 11.1. The first-order valence-electron chi connectivity index (χ1n) is 15.3. The average molecular weight is 579 g/mol. The highest BCUT2D eigenvalue weighted by molar-refractivity contribution is 6.48. The molecule has 232 valence electrons. The predicted octanol–water partition coefficient (Wildman–Crippen LogP) is 2.97. The van der Waals surface area contributed by atoms with Gasteiger partial charge in [-0.15, -0.1) is 0 Å². The summed E-state index contributed by atoms with van der Waals surface area (Å²) in [4.78, 5) is 40.9. The highest BCUT2D eigenvalue weighted by Gasteiger charge is 2.68. The van der Waals surface area contributed by atoms with Crippen LogP contribution in [0.4, 0.5) is 0 Å². The van der Waals surface area contributed by atoms with Gasteiger partial charge in [0.1, 0.15) is 6.04 Å². The van der Waals surface area contributed by atoms with Gasteiger partial charge in [0.05, 0.1) is 17.6 Å². The van der Waals surface area contributed by atoms with Crippen LogP contribution in [0.5, 0.6) is 0 Å². The Balaban J connectivity index is 1.68. The third kappa shape index (κ3) is 8.34. The summed E-state index contributed by atoms with van der Waals surface area (Å²) < 4.78 is 13.2. The maximum Gasteiger partial charge on any atom is 0.481 e. The number of nitrogens with two attached hydrogens (primary N) is 1. The maximum atomic E-state index is 13.7. The number of amides is 2. The molecule has 0 radical (unpaired) electrons. The Morgan fingerprint density at radius 1 is 1.10 bits per heavy atom. The second-order valence-corrected chi connectivity index (χ2v) is 13.8. The minimum absolute atomic E-state index is 0.00314. The van der Waals surface area contributed by atoms with Crippen LogP contribution in [-0.2, 0) is 18.9 Å². The molecule has 4 rings (SSSR count). The van der Waals surface area contributed by atoms with Crippen LogP contribution in [0.2, 0.25) is 0 Å². The van der Waals surface area contributed by atoms with E-state index in [1.54, 1.807) is 5.43 Å². The molecule has 4 aliphatic rings. The van der Waals surface area contributed by atoms with Crippen LogP contribution in [0.3, 0.4) is 0 Å². The van der Waals surface area contributed by atoms with Crippen molar-refractivity contribution in [1.29, 1.82) is 0 Å². The molecule has 13 heteroatoms. The Morgan fingerprint density at radius 3 is 2.41 bits per heavy atom. The minimum Gasteiger partial charge on any atom is -0.404 e. The number of carbonyl (C=O) groups is 2. The SMILES string of the molecule is CC(C)CCCC(=O)N[C@@H](CCCN=C(N)N[N+](=O)[O-])C(=O)N[C@@H](CC(C)C)B1O[C@@H]2C[C@H]3C[C@H](C3(C)C)[C@]2(C)O1. The standard InChI is InChI=1S/C28H51BN6O6/c1-17(2)10-8-12-24(36)32-20(11-9-13-31-26(30)34-35(38)39)25(37)33-23(14-18(3)4)29-40-22-16-19-15-21(27(19,5)6)28(22,7)41-29/h17-23H,8-16H2,1-7H3,(H,32,36)(H,33,37)(H3,30,31,34)/t19-,20+,21-,22-,23+,28+/m1/s1. The maximum absolute atomic E-state index is 13.7. The van der Waals surface area contributed by atoms with Crippen LogP contribution >= 0.6 is 0 Å². The van der Waals surface area contributed by atoms with Crippen molar-refractivity contribution in [1.82, 2.24) is 16.1 Å². The molecule has 0 aromatic rings. The number of hydrogen-bond acceptors (Lipinski definition) is 7. The topological polar surface area (TPSA) is 170 Å². The van der Waals surface area contributed by atoms with Crippen molar-refractivity contribution < 1.29 is 23.9 Å². The van der Waals surface area contributed by atoms with Gasteiger partial charge in [0, 0.05) is 13.0 Å². The van der Waals surface area contributed by atoms with E-state index in [1.807, 2.05) is 0 Å². The molecule has 12 nitrogen and oxygen atoms in total. The van der Waals surface area contributed by atoms with E-state index >= 15 is 0 Å². The van der Waals surface area contributed by atoms with Crippen molar-refractivity contribution in [2.24, 2.45) is 39.8 Å². The lowest BCUT2D eigenvalue weighted by molar-refractivity contribution is -0.525. The molecular formula is C28H51BN6O6. The normalized spacial score (nSPS) is 28.1. The summed E-state index contributed by atoms with van der Waals surface area (Å²) in [5.74, 6) is 0.643. The molecule has 0 aromatic heterocycles. The van der Waals surface area contributed by atoms with E-state index in [0.717, 1.165) is 25.7 Å². The molecule has 0 aromatic carbocycles. The minimum atomic E-state index is -0.790.